The van der Waals surface area contributed by atoms with Gasteiger partial charge < -0.3 is 5.73 Å². The fourth-order valence-electron chi connectivity index (χ4n) is 2.27. The van der Waals surface area contributed by atoms with Gasteiger partial charge in [0.25, 0.3) is 0 Å². The Morgan fingerprint density at radius 2 is 2.05 bits per heavy atom. The van der Waals surface area contributed by atoms with Crippen molar-refractivity contribution in [3.63, 3.8) is 0 Å². The number of hydrogen-bond donors (Lipinski definition) is 2. The first-order chi connectivity index (χ1) is 9.38. The van der Waals surface area contributed by atoms with E-state index in [1.165, 1.54) is 10.6 Å². The molecule has 20 heavy (non-hydrogen) atoms. The summed E-state index contributed by atoms with van der Waals surface area (Å²) in [6.07, 6.45) is 2.85. The third-order valence-electron chi connectivity index (χ3n) is 3.34. The number of nitrogens with one attached hydrogen (secondary N) is 1. The molecule has 0 spiro atoms. The number of sulfonamides is 1. The summed E-state index contributed by atoms with van der Waals surface area (Å²) < 4.78 is 24.4. The van der Waals surface area contributed by atoms with E-state index in [1.54, 1.807) is 6.20 Å². The van der Waals surface area contributed by atoms with Crippen molar-refractivity contribution in [2.75, 3.05) is 32.4 Å². The summed E-state index contributed by atoms with van der Waals surface area (Å²) in [6.45, 7) is 2.95. The average Bonchev–Trinajstić information content (AvgIpc) is 2.38. The van der Waals surface area contributed by atoms with E-state index in [2.05, 4.69) is 9.88 Å². The molecule has 1 aromatic heterocycles. The maximum absolute atomic E-state index is 11.4. The van der Waals surface area contributed by atoms with Crippen LogP contribution in [0.15, 0.2) is 18.3 Å². The second kappa shape index (κ2) is 5.86. The zero-order valence-electron chi connectivity index (χ0n) is 11.4. The molecule has 8 heteroatoms. The predicted octanol–water partition coefficient (Wildman–Crippen LogP) is -0.557. The third kappa shape index (κ3) is 3.53. The van der Waals surface area contributed by atoms with Gasteiger partial charge in [0.1, 0.15) is 11.5 Å². The van der Waals surface area contributed by atoms with Crippen LogP contribution in [0.25, 0.3) is 0 Å². The summed E-state index contributed by atoms with van der Waals surface area (Å²) in [5.74, 6) is -0.0460. The molecule has 7 nitrogen and oxygen atoms in total. The minimum atomic E-state index is -3.10. The van der Waals surface area contributed by atoms with Crippen LogP contribution in [0.4, 0.5) is 0 Å². The molecule has 0 aliphatic carbocycles. The molecule has 2 rings (SSSR count). The van der Waals surface area contributed by atoms with Crippen LogP contribution in [0, 0.1) is 5.41 Å². The Morgan fingerprint density at radius 3 is 2.60 bits per heavy atom. The zero-order valence-corrected chi connectivity index (χ0v) is 12.2. The predicted molar refractivity (Wildman–Crippen MR) is 76.9 cm³/mol. The first kappa shape index (κ1) is 14.9. The van der Waals surface area contributed by atoms with Crippen molar-refractivity contribution in [1.29, 1.82) is 5.41 Å². The lowest BCUT2D eigenvalue weighted by Gasteiger charge is -2.33. The van der Waals surface area contributed by atoms with Gasteiger partial charge in [-0.05, 0) is 11.6 Å². The van der Waals surface area contributed by atoms with Crippen molar-refractivity contribution < 1.29 is 8.42 Å². The van der Waals surface area contributed by atoms with Gasteiger partial charge >= 0.3 is 0 Å². The molecule has 0 atom stereocenters. The van der Waals surface area contributed by atoms with E-state index in [0.29, 0.717) is 38.4 Å². The third-order valence-corrected chi connectivity index (χ3v) is 4.64. The van der Waals surface area contributed by atoms with Gasteiger partial charge in [-0.2, -0.15) is 4.31 Å². The Morgan fingerprint density at radius 1 is 1.40 bits per heavy atom. The highest BCUT2D eigenvalue weighted by Gasteiger charge is 2.23. The smallest absolute Gasteiger partial charge is 0.211 e. The van der Waals surface area contributed by atoms with Crippen LogP contribution in [0.1, 0.15) is 11.3 Å². The summed E-state index contributed by atoms with van der Waals surface area (Å²) in [5, 5.41) is 7.52. The lowest BCUT2D eigenvalue weighted by molar-refractivity contribution is 0.182. The number of aromatic nitrogens is 1. The van der Waals surface area contributed by atoms with Crippen LogP contribution >= 0.6 is 0 Å². The van der Waals surface area contributed by atoms with Gasteiger partial charge in [0.15, 0.2) is 0 Å². The second-order valence-corrected chi connectivity index (χ2v) is 6.85. The lowest BCUT2D eigenvalue weighted by Crippen LogP contribution is -2.48. The Balaban J connectivity index is 2.02. The summed E-state index contributed by atoms with van der Waals surface area (Å²) in [4.78, 5) is 6.26. The molecule has 1 saturated heterocycles. The summed E-state index contributed by atoms with van der Waals surface area (Å²) in [7, 11) is -3.10. The van der Waals surface area contributed by atoms with Crippen molar-refractivity contribution in [1.82, 2.24) is 14.2 Å². The van der Waals surface area contributed by atoms with Gasteiger partial charge in [-0.25, -0.2) is 8.42 Å². The molecule has 0 saturated carbocycles. The molecule has 1 aliphatic rings. The first-order valence-electron chi connectivity index (χ1n) is 6.33. The number of rotatable bonds is 4. The van der Waals surface area contributed by atoms with Gasteiger partial charge in [-0.15, -0.1) is 0 Å². The SMILES string of the molecule is CS(=O)(=O)N1CCN(Cc2cccnc2C(=N)N)CC1. The van der Waals surface area contributed by atoms with Gasteiger partial charge in [-0.1, -0.05) is 6.07 Å². The van der Waals surface area contributed by atoms with E-state index < -0.39 is 10.0 Å². The number of pyridine rings is 1. The van der Waals surface area contributed by atoms with Crippen LogP contribution in [-0.4, -0.2) is 60.9 Å². The van der Waals surface area contributed by atoms with E-state index in [9.17, 15) is 8.42 Å². The molecular formula is C12H19N5O2S. The lowest BCUT2D eigenvalue weighted by atomic mass is 10.1. The minimum Gasteiger partial charge on any atom is -0.382 e. The number of nitrogen functional groups attached to an aromatic ring is 1. The van der Waals surface area contributed by atoms with Crippen LogP contribution in [0.3, 0.4) is 0 Å². The van der Waals surface area contributed by atoms with Gasteiger partial charge in [0, 0.05) is 38.9 Å². The van der Waals surface area contributed by atoms with E-state index in [1.807, 2.05) is 12.1 Å². The van der Waals surface area contributed by atoms with Crippen LogP contribution in [-0.2, 0) is 16.6 Å². The molecule has 0 unspecified atom stereocenters. The highest BCUT2D eigenvalue weighted by molar-refractivity contribution is 7.88. The fraction of sp³-hybridized carbons (Fsp3) is 0.500. The van der Waals surface area contributed by atoms with Crippen molar-refractivity contribution in [3.05, 3.63) is 29.6 Å². The maximum Gasteiger partial charge on any atom is 0.211 e. The fourth-order valence-corrected chi connectivity index (χ4v) is 3.10. The highest BCUT2D eigenvalue weighted by atomic mass is 32.2. The molecule has 1 aromatic rings. The van der Waals surface area contributed by atoms with Crippen molar-refractivity contribution in [3.8, 4) is 0 Å². The van der Waals surface area contributed by atoms with Crippen molar-refractivity contribution >= 4 is 15.9 Å². The number of hydrogen-bond acceptors (Lipinski definition) is 5. The van der Waals surface area contributed by atoms with Gasteiger partial charge in [0.05, 0.1) is 6.26 Å². The summed E-state index contributed by atoms with van der Waals surface area (Å²) in [6, 6.07) is 3.71. The normalized spacial score (nSPS) is 18.1. The molecule has 0 radical (unpaired) electrons. The van der Waals surface area contributed by atoms with Crippen molar-refractivity contribution in [2.24, 2.45) is 5.73 Å². The van der Waals surface area contributed by atoms with Crippen LogP contribution in [0.2, 0.25) is 0 Å². The highest BCUT2D eigenvalue weighted by Crippen LogP contribution is 2.12. The van der Waals surface area contributed by atoms with E-state index in [-0.39, 0.29) is 5.84 Å². The summed E-state index contributed by atoms with van der Waals surface area (Å²) in [5.41, 5.74) is 6.91. The van der Waals surface area contributed by atoms with Crippen LogP contribution in [0.5, 0.6) is 0 Å². The van der Waals surface area contributed by atoms with Gasteiger partial charge in [0.2, 0.25) is 10.0 Å². The number of piperazine rings is 1. The first-order valence-corrected chi connectivity index (χ1v) is 8.18. The van der Waals surface area contributed by atoms with Gasteiger partial charge in [-0.3, -0.25) is 15.3 Å². The molecule has 3 N–H and O–H groups in total. The Bertz CT molecular complexity index is 594. The molecule has 110 valence electrons. The molecule has 0 amide bonds. The van der Waals surface area contributed by atoms with E-state index in [4.69, 9.17) is 11.1 Å². The standard InChI is InChI=1S/C12H19N5O2S/c1-20(18,19)17-7-5-16(6-8-17)9-10-3-2-4-15-11(10)12(13)14/h2-4H,5-9H2,1H3,(H3,13,14). The molecular weight excluding hydrogens is 278 g/mol. The molecule has 0 bridgehead atoms. The van der Waals surface area contributed by atoms with E-state index in [0.717, 1.165) is 5.56 Å². The van der Waals surface area contributed by atoms with Crippen LogP contribution < -0.4 is 5.73 Å². The topological polar surface area (TPSA) is 103 Å². The molecule has 1 aliphatic heterocycles. The largest absolute Gasteiger partial charge is 0.382 e. The Labute approximate surface area is 119 Å². The molecule has 2 heterocycles. The Kier molecular flexibility index (Phi) is 4.36. The zero-order chi connectivity index (χ0) is 14.8. The minimum absolute atomic E-state index is 0.0460. The summed E-state index contributed by atoms with van der Waals surface area (Å²) >= 11 is 0. The molecule has 1 fully saturated rings. The average molecular weight is 297 g/mol. The molecule has 0 aromatic carbocycles. The monoisotopic (exact) mass is 297 g/mol. The Hall–Kier alpha value is -1.51. The van der Waals surface area contributed by atoms with E-state index >= 15 is 0 Å². The number of nitrogens with two attached hydrogens (primary N) is 1. The number of nitrogens with zero attached hydrogens (tertiary/aromatic N) is 3. The quantitative estimate of drug-likeness (QED) is 0.573. The van der Waals surface area contributed by atoms with Crippen molar-refractivity contribution in [2.45, 2.75) is 6.54 Å². The maximum atomic E-state index is 11.4. The number of amidine groups is 1. The second-order valence-electron chi connectivity index (χ2n) is 4.86.